The zero-order chi connectivity index (χ0) is 39.4. The van der Waals surface area contributed by atoms with E-state index >= 15 is 8.78 Å². The quantitative estimate of drug-likeness (QED) is 0.140. The van der Waals surface area contributed by atoms with Crippen molar-refractivity contribution in [1.29, 1.82) is 0 Å². The minimum atomic E-state index is -1.07. The van der Waals surface area contributed by atoms with Crippen LogP contribution in [0.4, 0.5) is 13.6 Å². The topological polar surface area (TPSA) is 141 Å². The van der Waals surface area contributed by atoms with Gasteiger partial charge in [-0.05, 0) is 76.5 Å². The number of carbonyl (C=O) groups excluding carboxylic acids is 3. The Hall–Kier alpha value is -4.42. The van der Waals surface area contributed by atoms with Gasteiger partial charge in [0.25, 0.3) is 0 Å². The molecule has 3 aromatic rings. The van der Waals surface area contributed by atoms with E-state index in [0.717, 1.165) is 18.4 Å². The predicted molar refractivity (Wildman–Crippen MR) is 204 cm³/mol. The number of amides is 3. The number of fused-ring (bicyclic) bond motifs is 1. The minimum Gasteiger partial charge on any atom is -0.494 e. The molecule has 0 aromatic heterocycles. The number of ether oxygens (including phenoxy) is 3. The smallest absolute Gasteiger partial charge is 0.407 e. The van der Waals surface area contributed by atoms with E-state index in [9.17, 15) is 14.4 Å². The molecule has 292 valence electrons. The Morgan fingerprint density at radius 3 is 2.35 bits per heavy atom. The fourth-order valence-corrected chi connectivity index (χ4v) is 7.74. The molecule has 3 amide bonds. The lowest BCUT2D eigenvalue weighted by molar-refractivity contribution is -0.126. The fraction of sp³-hybridized carbons (Fsp3) is 0.488. The van der Waals surface area contributed by atoms with Crippen LogP contribution in [0.25, 0.3) is 11.1 Å². The third-order valence-corrected chi connectivity index (χ3v) is 10.8. The molecule has 1 saturated carbocycles. The van der Waals surface area contributed by atoms with Crippen LogP contribution in [0.2, 0.25) is 5.02 Å². The molecule has 0 unspecified atom stereocenters. The van der Waals surface area contributed by atoms with Crippen LogP contribution in [0.1, 0.15) is 94.1 Å². The maximum atomic E-state index is 16.1. The number of primary amides is 1. The highest BCUT2D eigenvalue weighted by atomic mass is 35.5. The SMILES string of the molecule is COc1ccc(C(N)=O)c(-c2c(Cl)c(F)cc3c2[C@H](C)[C@@](CNC2CCC(C(=O)NCC[C@H](C)CNC(=O)OC(C)(C)C)CC2)(c2ccccc2)O3)c1F. The molecule has 3 atom stereocenters. The van der Waals surface area contributed by atoms with Crippen LogP contribution in [0.5, 0.6) is 11.5 Å². The van der Waals surface area contributed by atoms with E-state index in [-0.39, 0.29) is 57.0 Å². The second-order valence-corrected chi connectivity index (χ2v) is 15.8. The van der Waals surface area contributed by atoms with Crippen LogP contribution in [0, 0.1) is 23.5 Å². The number of rotatable bonds is 13. The van der Waals surface area contributed by atoms with E-state index in [2.05, 4.69) is 16.0 Å². The van der Waals surface area contributed by atoms with Gasteiger partial charge in [0.1, 0.15) is 17.2 Å². The molecular formula is C41H51ClF2N4O6. The highest BCUT2D eigenvalue weighted by Crippen LogP contribution is 2.56. The van der Waals surface area contributed by atoms with Crippen molar-refractivity contribution in [3.05, 3.63) is 81.9 Å². The minimum absolute atomic E-state index is 0.0117. The molecule has 1 aliphatic heterocycles. The van der Waals surface area contributed by atoms with Crippen LogP contribution >= 0.6 is 11.6 Å². The molecule has 0 bridgehead atoms. The third-order valence-electron chi connectivity index (χ3n) is 10.4. The van der Waals surface area contributed by atoms with Gasteiger partial charge < -0.3 is 35.9 Å². The first kappa shape index (κ1) is 40.8. The van der Waals surface area contributed by atoms with E-state index in [0.29, 0.717) is 44.5 Å². The summed E-state index contributed by atoms with van der Waals surface area (Å²) < 4.78 is 48.9. The highest BCUT2D eigenvalue weighted by molar-refractivity contribution is 6.34. The van der Waals surface area contributed by atoms with E-state index < -0.39 is 40.8 Å². The molecule has 1 fully saturated rings. The number of carbonyl (C=O) groups is 3. The van der Waals surface area contributed by atoms with E-state index in [1.165, 1.54) is 25.3 Å². The molecule has 0 saturated heterocycles. The molecule has 1 aliphatic carbocycles. The van der Waals surface area contributed by atoms with Crippen molar-refractivity contribution in [2.24, 2.45) is 17.6 Å². The lowest BCUT2D eigenvalue weighted by atomic mass is 9.77. The number of nitrogens with two attached hydrogens (primary N) is 1. The Morgan fingerprint density at radius 1 is 1.04 bits per heavy atom. The van der Waals surface area contributed by atoms with Gasteiger partial charge in [0, 0.05) is 60.3 Å². The summed E-state index contributed by atoms with van der Waals surface area (Å²) in [7, 11) is 1.29. The van der Waals surface area contributed by atoms with Crippen molar-refractivity contribution in [3.63, 3.8) is 0 Å². The molecule has 3 aromatic carbocycles. The summed E-state index contributed by atoms with van der Waals surface area (Å²) in [6, 6.07) is 13.4. The lowest BCUT2D eigenvalue weighted by Gasteiger charge is -2.37. The summed E-state index contributed by atoms with van der Waals surface area (Å²) in [6.07, 6.45) is 3.16. The second kappa shape index (κ2) is 16.9. The van der Waals surface area contributed by atoms with Crippen molar-refractivity contribution >= 4 is 29.5 Å². The van der Waals surface area contributed by atoms with Gasteiger partial charge in [-0.2, -0.15) is 0 Å². The van der Waals surface area contributed by atoms with Crippen molar-refractivity contribution in [3.8, 4) is 22.6 Å². The predicted octanol–water partition coefficient (Wildman–Crippen LogP) is 7.60. The Morgan fingerprint density at radius 2 is 1.72 bits per heavy atom. The van der Waals surface area contributed by atoms with E-state index in [1.54, 1.807) is 0 Å². The number of hydrogen-bond donors (Lipinski definition) is 4. The molecule has 0 radical (unpaired) electrons. The molecule has 5 rings (SSSR count). The molecular weight excluding hydrogens is 718 g/mol. The highest BCUT2D eigenvalue weighted by Gasteiger charge is 2.50. The molecule has 5 N–H and O–H groups in total. The number of benzene rings is 3. The van der Waals surface area contributed by atoms with Gasteiger partial charge in [0.05, 0.1) is 17.7 Å². The second-order valence-electron chi connectivity index (χ2n) is 15.4. The van der Waals surface area contributed by atoms with Gasteiger partial charge in [0.2, 0.25) is 11.8 Å². The Balaban J connectivity index is 1.28. The van der Waals surface area contributed by atoms with Crippen molar-refractivity contribution < 1.29 is 37.4 Å². The van der Waals surface area contributed by atoms with Crippen LogP contribution < -0.4 is 31.2 Å². The number of nitrogens with one attached hydrogen (secondary N) is 3. The number of halogens is 3. The van der Waals surface area contributed by atoms with Gasteiger partial charge in [-0.3, -0.25) is 9.59 Å². The number of methoxy groups -OCH3 is 1. The maximum Gasteiger partial charge on any atom is 0.407 e. The van der Waals surface area contributed by atoms with Crippen LogP contribution in [0.3, 0.4) is 0 Å². The average molecular weight is 769 g/mol. The van der Waals surface area contributed by atoms with Gasteiger partial charge in [-0.1, -0.05) is 55.8 Å². The monoisotopic (exact) mass is 768 g/mol. The normalized spacial score (nSPS) is 21.4. The van der Waals surface area contributed by atoms with Gasteiger partial charge in [0.15, 0.2) is 17.2 Å². The Bertz CT molecular complexity index is 1850. The summed E-state index contributed by atoms with van der Waals surface area (Å²) >= 11 is 6.63. The summed E-state index contributed by atoms with van der Waals surface area (Å²) in [5.74, 6) is -3.05. The summed E-state index contributed by atoms with van der Waals surface area (Å²) in [4.78, 5) is 37.6. The molecule has 13 heteroatoms. The first-order chi connectivity index (χ1) is 25.6. The first-order valence-electron chi connectivity index (χ1n) is 18.5. The van der Waals surface area contributed by atoms with Gasteiger partial charge in [-0.25, -0.2) is 13.6 Å². The average Bonchev–Trinajstić information content (AvgIpc) is 3.41. The van der Waals surface area contributed by atoms with E-state index in [4.69, 9.17) is 31.5 Å². The Labute approximate surface area is 320 Å². The molecule has 54 heavy (non-hydrogen) atoms. The van der Waals surface area contributed by atoms with Crippen LogP contribution in [-0.2, 0) is 15.1 Å². The van der Waals surface area contributed by atoms with Crippen LogP contribution in [-0.4, -0.2) is 56.3 Å². The van der Waals surface area contributed by atoms with Crippen molar-refractivity contribution in [2.75, 3.05) is 26.7 Å². The molecule has 2 aliphatic rings. The summed E-state index contributed by atoms with van der Waals surface area (Å²) in [5, 5.41) is 9.16. The summed E-state index contributed by atoms with van der Waals surface area (Å²) in [5.41, 5.74) is 4.88. The molecule has 0 spiro atoms. The van der Waals surface area contributed by atoms with Crippen molar-refractivity contribution in [1.82, 2.24) is 16.0 Å². The zero-order valence-electron chi connectivity index (χ0n) is 31.7. The van der Waals surface area contributed by atoms with Gasteiger partial charge in [-0.15, -0.1) is 0 Å². The molecule has 10 nitrogen and oxygen atoms in total. The number of alkyl carbamates (subject to hydrolysis) is 1. The van der Waals surface area contributed by atoms with Crippen molar-refractivity contribution in [2.45, 2.75) is 89.9 Å². The standard InChI is InChI=1S/C41H51ClF2N4O6/c1-23(21-47-39(51)54-40(3,4)5)18-19-46-38(50)25-12-14-27(15-13-25)48-22-41(26-10-8-7-9-11-26)24(2)32-31(53-41)20-29(43)35(42)34(32)33-28(37(45)49)16-17-30(52-6)36(33)44/h7-11,16-17,20,23-25,27,48H,12-15,18-19,21-22H2,1-6H3,(H2,45,49)(H,46,50)(H,47,51)/t23-,24-,25?,27?,41-/m0/s1. The third kappa shape index (κ3) is 8.92. The largest absolute Gasteiger partial charge is 0.494 e. The lowest BCUT2D eigenvalue weighted by Crippen LogP contribution is -2.48. The first-order valence-corrected chi connectivity index (χ1v) is 18.8. The fourth-order valence-electron chi connectivity index (χ4n) is 7.49. The zero-order valence-corrected chi connectivity index (χ0v) is 32.5. The maximum absolute atomic E-state index is 16.1. The van der Waals surface area contributed by atoms with Gasteiger partial charge >= 0.3 is 6.09 Å². The molecule has 1 heterocycles. The van der Waals surface area contributed by atoms with Crippen LogP contribution in [0.15, 0.2) is 48.5 Å². The van der Waals surface area contributed by atoms with E-state index in [1.807, 2.05) is 65.0 Å². The Kier molecular flexibility index (Phi) is 12.8. The number of hydrogen-bond acceptors (Lipinski definition) is 7. The summed E-state index contributed by atoms with van der Waals surface area (Å²) in [6.45, 7) is 10.6.